The average Bonchev–Trinajstić information content (AvgIpc) is 3.75. The Bertz CT molecular complexity index is 1940. The lowest BCUT2D eigenvalue weighted by atomic mass is 9.81. The molecule has 5 heterocycles. The van der Waals surface area contributed by atoms with E-state index in [1.54, 1.807) is 19.1 Å². The molecule has 2 N–H and O–H groups in total. The topological polar surface area (TPSA) is 152 Å². The van der Waals surface area contributed by atoms with Crippen LogP contribution in [-0.2, 0) is 28.6 Å². The predicted molar refractivity (Wildman–Crippen MR) is 185 cm³/mol. The lowest BCUT2D eigenvalue weighted by Crippen LogP contribution is -2.29. The van der Waals surface area contributed by atoms with Crippen LogP contribution in [0.1, 0.15) is 69.5 Å². The molecule has 0 amide bonds. The maximum atomic E-state index is 13.4. The van der Waals surface area contributed by atoms with Crippen LogP contribution in [0.5, 0.6) is 0 Å². The summed E-state index contributed by atoms with van der Waals surface area (Å²) in [5, 5.41) is 11.5. The molecule has 4 aliphatic heterocycles. The van der Waals surface area contributed by atoms with Crippen LogP contribution in [0.3, 0.4) is 0 Å². The molecular formula is C37H40N4O7. The molecule has 0 spiro atoms. The number of hydrogen-bond donors (Lipinski definition) is 2. The molecule has 0 aromatic carbocycles. The van der Waals surface area contributed by atoms with Crippen molar-refractivity contribution in [3.05, 3.63) is 85.9 Å². The lowest BCUT2D eigenvalue weighted by Gasteiger charge is -2.21. The van der Waals surface area contributed by atoms with E-state index in [1.807, 2.05) is 39.8 Å². The van der Waals surface area contributed by atoms with Crippen molar-refractivity contribution in [3.63, 3.8) is 0 Å². The van der Waals surface area contributed by atoms with Gasteiger partial charge in [0.1, 0.15) is 0 Å². The fraction of sp³-hybridized carbons (Fsp3) is 0.351. The molecule has 1 aromatic heterocycles. The zero-order valence-corrected chi connectivity index (χ0v) is 28.5. The van der Waals surface area contributed by atoms with Crippen LogP contribution in [-0.4, -0.2) is 66.5 Å². The third-order valence-corrected chi connectivity index (χ3v) is 9.44. The van der Waals surface area contributed by atoms with Crippen molar-refractivity contribution >= 4 is 53.3 Å². The molecule has 48 heavy (non-hydrogen) atoms. The van der Waals surface area contributed by atoms with E-state index in [-0.39, 0.29) is 41.3 Å². The van der Waals surface area contributed by atoms with Crippen molar-refractivity contribution < 1.29 is 33.7 Å². The Morgan fingerprint density at radius 1 is 0.958 bits per heavy atom. The highest BCUT2D eigenvalue weighted by atomic mass is 16.5. The molecule has 250 valence electrons. The monoisotopic (exact) mass is 652 g/mol. The number of aliphatic hydroxyl groups excluding tert-OH is 1. The second-order valence-corrected chi connectivity index (χ2v) is 12.0. The third kappa shape index (κ3) is 5.74. The number of carbonyl (C=O) groups excluding carboxylic acids is 3. The quantitative estimate of drug-likeness (QED) is 0.151. The molecule has 0 fully saturated rings. The largest absolute Gasteiger partial charge is 0.501 e. The molecule has 0 radical (unpaired) electrons. The van der Waals surface area contributed by atoms with Gasteiger partial charge in [-0.25, -0.2) is 19.6 Å². The molecule has 11 nitrogen and oxygen atoms in total. The second kappa shape index (κ2) is 13.4. The Kier molecular flexibility index (Phi) is 9.52. The number of carbonyl (C=O) groups is 3. The summed E-state index contributed by atoms with van der Waals surface area (Å²) in [5.74, 6) is -3.73. The summed E-state index contributed by atoms with van der Waals surface area (Å²) in [6.45, 7) is 13.8. The number of nitrogens with one attached hydrogen (secondary N) is 1. The number of aliphatic imine (C=N–C) groups is 3. The molecule has 0 saturated heterocycles. The predicted octanol–water partition coefficient (Wildman–Crippen LogP) is 6.32. The van der Waals surface area contributed by atoms with Crippen LogP contribution in [0.25, 0.3) is 18.2 Å². The number of aromatic nitrogens is 1. The number of aliphatic hydroxyl groups is 1. The van der Waals surface area contributed by atoms with Gasteiger partial charge in [0.25, 0.3) is 0 Å². The van der Waals surface area contributed by atoms with Gasteiger partial charge in [0.2, 0.25) is 5.76 Å². The van der Waals surface area contributed by atoms with E-state index in [9.17, 15) is 19.5 Å². The molecule has 0 aliphatic carbocycles. The molecule has 0 unspecified atom stereocenters. The van der Waals surface area contributed by atoms with E-state index in [0.29, 0.717) is 29.1 Å². The van der Waals surface area contributed by atoms with Gasteiger partial charge in [-0.1, -0.05) is 26.5 Å². The Morgan fingerprint density at radius 3 is 2.29 bits per heavy atom. The van der Waals surface area contributed by atoms with Gasteiger partial charge < -0.3 is 24.3 Å². The SMILES string of the molecule is C=Cc1c2[nH]c(c1C)C=C1N=C(C(=C(O)C(=O)OC)C3=NC(=CC4=NC(=C2)C(C)=C4CC)C(C)=C3C(=O)OC)[C@@H](CCC(=O)OC)[C@@H]1C. The number of ether oxygens (including phenoxy) is 3. The summed E-state index contributed by atoms with van der Waals surface area (Å²) in [4.78, 5) is 57.2. The first-order chi connectivity index (χ1) is 22.9. The zero-order valence-electron chi connectivity index (χ0n) is 28.5. The molecule has 11 heteroatoms. The highest BCUT2D eigenvalue weighted by Crippen LogP contribution is 2.42. The summed E-state index contributed by atoms with van der Waals surface area (Å²) in [6, 6.07) is 0. The van der Waals surface area contributed by atoms with E-state index in [4.69, 9.17) is 29.2 Å². The minimum Gasteiger partial charge on any atom is -0.501 e. The van der Waals surface area contributed by atoms with E-state index in [0.717, 1.165) is 46.5 Å². The molecule has 0 saturated carbocycles. The van der Waals surface area contributed by atoms with Gasteiger partial charge in [-0.3, -0.25) is 9.79 Å². The molecule has 1 aromatic rings. The number of aromatic amines is 1. The van der Waals surface area contributed by atoms with E-state index < -0.39 is 29.6 Å². The summed E-state index contributed by atoms with van der Waals surface area (Å²) < 4.78 is 15.1. The zero-order chi connectivity index (χ0) is 35.0. The van der Waals surface area contributed by atoms with Gasteiger partial charge in [-0.2, -0.15) is 0 Å². The lowest BCUT2D eigenvalue weighted by molar-refractivity contribution is -0.141. The normalized spacial score (nSPS) is 21.2. The van der Waals surface area contributed by atoms with Crippen molar-refractivity contribution in [2.45, 2.75) is 53.9 Å². The van der Waals surface area contributed by atoms with Gasteiger partial charge in [-0.15, -0.1) is 0 Å². The standard InChI is InChI=1S/C37H40N4O7/c1-10-21-17(3)24-14-26-19(5)23(12-13-30(42)46-7)33(40-26)32(35(43)37(45)48-9)34-31(36(44)47-8)20(6)27(41-34)16-29-22(11-2)18(4)25(39-29)15-28(21)38-24/h10,14-16,19,23,38,43H,1,11-13H2,2-9H3/t19-,23-/m0/s1. The first-order valence-corrected chi connectivity index (χ1v) is 15.8. The van der Waals surface area contributed by atoms with E-state index in [1.165, 1.54) is 14.2 Å². The van der Waals surface area contributed by atoms with Crippen LogP contribution >= 0.6 is 0 Å². The van der Waals surface area contributed by atoms with Crippen LogP contribution in [0.15, 0.2) is 78.3 Å². The van der Waals surface area contributed by atoms with Crippen LogP contribution < -0.4 is 0 Å². The second-order valence-electron chi connectivity index (χ2n) is 12.0. The molecule has 8 bridgehead atoms. The first kappa shape index (κ1) is 34.0. The summed E-state index contributed by atoms with van der Waals surface area (Å²) in [7, 11) is 3.71. The minimum atomic E-state index is -1.04. The number of methoxy groups -OCH3 is 3. The van der Waals surface area contributed by atoms with Gasteiger partial charge >= 0.3 is 17.9 Å². The van der Waals surface area contributed by atoms with Gasteiger partial charge in [0, 0.05) is 40.9 Å². The van der Waals surface area contributed by atoms with Gasteiger partial charge in [0.15, 0.2) is 0 Å². The molecule has 4 aliphatic rings. The number of esters is 3. The fourth-order valence-corrected chi connectivity index (χ4v) is 6.65. The van der Waals surface area contributed by atoms with Crippen molar-refractivity contribution in [1.29, 1.82) is 0 Å². The van der Waals surface area contributed by atoms with Crippen LogP contribution in [0.2, 0.25) is 0 Å². The number of allylic oxidation sites excluding steroid dienone is 6. The maximum Gasteiger partial charge on any atom is 0.373 e. The van der Waals surface area contributed by atoms with E-state index in [2.05, 4.69) is 11.6 Å². The third-order valence-electron chi connectivity index (χ3n) is 9.44. The van der Waals surface area contributed by atoms with E-state index >= 15 is 0 Å². The first-order valence-electron chi connectivity index (χ1n) is 15.8. The highest BCUT2D eigenvalue weighted by molar-refractivity contribution is 6.41. The van der Waals surface area contributed by atoms with Crippen LogP contribution in [0.4, 0.5) is 0 Å². The van der Waals surface area contributed by atoms with Crippen molar-refractivity contribution in [1.82, 2.24) is 4.98 Å². The van der Waals surface area contributed by atoms with Crippen molar-refractivity contribution in [3.8, 4) is 0 Å². The summed E-state index contributed by atoms with van der Waals surface area (Å²) in [5.41, 5.74) is 8.71. The number of rotatable bonds is 7. The summed E-state index contributed by atoms with van der Waals surface area (Å²) >= 11 is 0. The van der Waals surface area contributed by atoms with Gasteiger partial charge in [0.05, 0.1) is 61.0 Å². The summed E-state index contributed by atoms with van der Waals surface area (Å²) in [6.07, 6.45) is 8.52. The Morgan fingerprint density at radius 2 is 1.67 bits per heavy atom. The number of hydrogen-bond acceptors (Lipinski definition) is 10. The highest BCUT2D eigenvalue weighted by Gasteiger charge is 2.42. The smallest absolute Gasteiger partial charge is 0.373 e. The minimum absolute atomic E-state index is 0.0104. The molecule has 5 rings (SSSR count). The maximum absolute atomic E-state index is 13.4. The fourth-order valence-electron chi connectivity index (χ4n) is 6.65. The number of H-pyrrole nitrogens is 1. The van der Waals surface area contributed by atoms with Crippen LogP contribution in [0, 0.1) is 18.8 Å². The van der Waals surface area contributed by atoms with Crippen molar-refractivity contribution in [2.24, 2.45) is 26.8 Å². The Hall–Kier alpha value is -5.32. The van der Waals surface area contributed by atoms with Crippen molar-refractivity contribution in [2.75, 3.05) is 21.3 Å². The Labute approximate surface area is 279 Å². The molecular weight excluding hydrogens is 612 g/mol. The van der Waals surface area contributed by atoms with Gasteiger partial charge in [-0.05, 0) is 74.1 Å². The number of fused-ring (bicyclic) bond motifs is 5. The molecule has 2 atom stereocenters. The average molecular weight is 653 g/mol. The number of nitrogens with zero attached hydrogens (tertiary/aromatic N) is 3. The Balaban J connectivity index is 1.91.